The third-order valence-corrected chi connectivity index (χ3v) is 7.79. The number of aliphatic hydroxyl groups is 1. The first kappa shape index (κ1) is 30.2. The Bertz CT molecular complexity index is 1420. The second-order valence-electron chi connectivity index (χ2n) is 10.4. The molecule has 0 aliphatic carbocycles. The maximum Gasteiger partial charge on any atom is 0.165 e. The number of hydrogen-bond donors (Lipinski definition) is 1. The highest BCUT2D eigenvalue weighted by Crippen LogP contribution is 2.37. The van der Waals surface area contributed by atoms with Crippen LogP contribution in [0.1, 0.15) is 47.3 Å². The van der Waals surface area contributed by atoms with Gasteiger partial charge in [0.05, 0.1) is 38.6 Å². The van der Waals surface area contributed by atoms with Crippen LogP contribution in [0.15, 0.2) is 97.1 Å². The highest BCUT2D eigenvalue weighted by Gasteiger charge is 2.40. The van der Waals surface area contributed by atoms with Gasteiger partial charge in [-0.15, -0.1) is 0 Å². The zero-order chi connectivity index (χ0) is 29.3. The highest BCUT2D eigenvalue weighted by atomic mass is 35.5. The minimum atomic E-state index is -0.590. The highest BCUT2D eigenvalue weighted by molar-refractivity contribution is 6.31. The van der Waals surface area contributed by atoms with Crippen LogP contribution in [0.4, 0.5) is 4.39 Å². The van der Waals surface area contributed by atoms with Crippen LogP contribution in [0.3, 0.4) is 0 Å². The summed E-state index contributed by atoms with van der Waals surface area (Å²) >= 11 is 6.59. The largest absolute Gasteiger partial charge is 0.491 e. The van der Waals surface area contributed by atoms with Crippen molar-refractivity contribution in [2.75, 3.05) is 13.2 Å². The van der Waals surface area contributed by atoms with Crippen LogP contribution in [-0.2, 0) is 33.8 Å². The Labute approximate surface area is 251 Å². The van der Waals surface area contributed by atoms with E-state index >= 15 is 0 Å². The van der Waals surface area contributed by atoms with Gasteiger partial charge in [0, 0.05) is 11.4 Å². The van der Waals surface area contributed by atoms with Crippen molar-refractivity contribution in [3.63, 3.8) is 0 Å². The van der Waals surface area contributed by atoms with Crippen molar-refractivity contribution >= 4 is 11.6 Å². The van der Waals surface area contributed by atoms with Gasteiger partial charge in [0.15, 0.2) is 11.6 Å². The van der Waals surface area contributed by atoms with Crippen molar-refractivity contribution in [1.29, 1.82) is 0 Å². The average molecular weight is 591 g/mol. The summed E-state index contributed by atoms with van der Waals surface area (Å²) in [6.45, 7) is 2.80. The van der Waals surface area contributed by atoms with E-state index in [-0.39, 0.29) is 24.6 Å². The zero-order valence-corrected chi connectivity index (χ0v) is 24.4. The van der Waals surface area contributed by atoms with Gasteiger partial charge in [-0.1, -0.05) is 90.5 Å². The first-order valence-electron chi connectivity index (χ1n) is 14.3. The topological polar surface area (TPSA) is 57.2 Å². The van der Waals surface area contributed by atoms with Gasteiger partial charge in [-0.3, -0.25) is 0 Å². The molecule has 0 radical (unpaired) electrons. The normalized spacial score (nSPS) is 20.4. The molecule has 1 aliphatic heterocycles. The second-order valence-corrected chi connectivity index (χ2v) is 10.8. The van der Waals surface area contributed by atoms with Crippen LogP contribution in [0, 0.1) is 5.82 Å². The number of rotatable bonds is 12. The molecule has 4 atom stereocenters. The molecule has 4 aromatic carbocycles. The van der Waals surface area contributed by atoms with Crippen LogP contribution in [0.25, 0.3) is 0 Å². The average Bonchev–Trinajstić information content (AvgIpc) is 3.02. The summed E-state index contributed by atoms with van der Waals surface area (Å²) < 4.78 is 39.1. The summed E-state index contributed by atoms with van der Waals surface area (Å²) in [6, 6.07) is 30.6. The molecule has 1 aliphatic rings. The van der Waals surface area contributed by atoms with E-state index < -0.39 is 18.0 Å². The monoisotopic (exact) mass is 590 g/mol. The summed E-state index contributed by atoms with van der Waals surface area (Å²) in [5.41, 5.74) is 4.64. The van der Waals surface area contributed by atoms with Crippen molar-refractivity contribution in [3.8, 4) is 5.75 Å². The fourth-order valence-electron chi connectivity index (χ4n) is 5.29. The van der Waals surface area contributed by atoms with Crippen LogP contribution >= 0.6 is 11.6 Å². The Balaban J connectivity index is 1.36. The molecule has 0 aromatic heterocycles. The standard InChI is InChI=1S/C35H36ClFO5/c1-2-39-31-16-13-26(18-30(31)37)17-28-19-27(14-15-29(28)36)32-20-33(40-22-24-9-5-3-6-10-24)35(34(21-38)42-32)41-23-25-11-7-4-8-12-25/h3-16,18-19,32-35,38H,2,17,20-23H2,1H3/t32?,33?,34?,35-/m0/s1. The molecule has 1 fully saturated rings. The molecule has 1 N–H and O–H groups in total. The summed E-state index contributed by atoms with van der Waals surface area (Å²) in [4.78, 5) is 0. The van der Waals surface area contributed by atoms with Crippen LogP contribution in [-0.4, -0.2) is 36.6 Å². The molecule has 0 bridgehead atoms. The van der Waals surface area contributed by atoms with Crippen LogP contribution < -0.4 is 4.74 Å². The molecule has 0 amide bonds. The molecule has 42 heavy (non-hydrogen) atoms. The fourth-order valence-corrected chi connectivity index (χ4v) is 5.47. The van der Waals surface area contributed by atoms with Gasteiger partial charge >= 0.3 is 0 Å². The minimum absolute atomic E-state index is 0.215. The van der Waals surface area contributed by atoms with Crippen molar-refractivity contribution in [3.05, 3.63) is 136 Å². The Hall–Kier alpha value is -3.26. The third kappa shape index (κ3) is 7.77. The summed E-state index contributed by atoms with van der Waals surface area (Å²) in [6.07, 6.45) is -0.761. The molecule has 0 spiro atoms. The summed E-state index contributed by atoms with van der Waals surface area (Å²) in [7, 11) is 0. The van der Waals surface area contributed by atoms with E-state index in [4.69, 9.17) is 30.5 Å². The Morgan fingerprint density at radius 2 is 1.55 bits per heavy atom. The smallest absolute Gasteiger partial charge is 0.165 e. The third-order valence-electron chi connectivity index (χ3n) is 7.42. The van der Waals surface area contributed by atoms with E-state index in [1.54, 1.807) is 6.07 Å². The predicted octanol–water partition coefficient (Wildman–Crippen LogP) is 7.46. The van der Waals surface area contributed by atoms with Crippen LogP contribution in [0.5, 0.6) is 5.75 Å². The van der Waals surface area contributed by atoms with Crippen molar-refractivity contribution in [1.82, 2.24) is 0 Å². The Kier molecular flexibility index (Phi) is 10.6. The summed E-state index contributed by atoms with van der Waals surface area (Å²) in [5, 5.41) is 11.0. The first-order valence-corrected chi connectivity index (χ1v) is 14.7. The lowest BCUT2D eigenvalue weighted by atomic mass is 9.92. The molecule has 3 unspecified atom stereocenters. The van der Waals surface area contributed by atoms with Gasteiger partial charge in [-0.2, -0.15) is 0 Å². The fraction of sp³-hybridized carbons (Fsp3) is 0.314. The van der Waals surface area contributed by atoms with Gasteiger partial charge in [0.2, 0.25) is 0 Å². The van der Waals surface area contributed by atoms with Gasteiger partial charge in [0.1, 0.15) is 12.2 Å². The predicted molar refractivity (Wildman–Crippen MR) is 161 cm³/mol. The molecule has 5 nitrogen and oxygen atoms in total. The quantitative estimate of drug-likeness (QED) is 0.186. The Morgan fingerprint density at radius 1 is 0.857 bits per heavy atom. The van der Waals surface area contributed by atoms with E-state index in [9.17, 15) is 9.50 Å². The lowest BCUT2D eigenvalue weighted by Crippen LogP contribution is -2.50. The number of hydrogen-bond acceptors (Lipinski definition) is 5. The van der Waals surface area contributed by atoms with E-state index in [0.29, 0.717) is 37.7 Å². The van der Waals surface area contributed by atoms with Crippen molar-refractivity contribution in [2.45, 2.75) is 57.4 Å². The van der Waals surface area contributed by atoms with Gasteiger partial charge < -0.3 is 24.1 Å². The van der Waals surface area contributed by atoms with Crippen molar-refractivity contribution in [2.24, 2.45) is 0 Å². The molecule has 220 valence electrons. The molecule has 1 heterocycles. The van der Waals surface area contributed by atoms with Gasteiger partial charge in [-0.25, -0.2) is 4.39 Å². The number of aliphatic hydroxyl groups excluding tert-OH is 1. The van der Waals surface area contributed by atoms with Crippen LogP contribution in [0.2, 0.25) is 5.02 Å². The first-order chi connectivity index (χ1) is 20.5. The zero-order valence-electron chi connectivity index (χ0n) is 23.6. The number of ether oxygens (including phenoxy) is 4. The molecular weight excluding hydrogens is 555 g/mol. The lowest BCUT2D eigenvalue weighted by Gasteiger charge is -2.41. The van der Waals surface area contributed by atoms with E-state index in [2.05, 4.69) is 0 Å². The van der Waals surface area contributed by atoms with Gasteiger partial charge in [0.25, 0.3) is 0 Å². The Morgan fingerprint density at radius 3 is 2.19 bits per heavy atom. The van der Waals surface area contributed by atoms with E-state index in [0.717, 1.165) is 27.8 Å². The van der Waals surface area contributed by atoms with Crippen molar-refractivity contribution < 1.29 is 28.4 Å². The SMILES string of the molecule is CCOc1ccc(Cc2cc(C3CC(OCc4ccccc4)[C@H](OCc4ccccc4)C(CO)O3)ccc2Cl)cc1F. The molecule has 0 saturated carbocycles. The molecule has 1 saturated heterocycles. The molecular formula is C35H36ClFO5. The maximum absolute atomic E-state index is 14.5. The second kappa shape index (κ2) is 14.8. The maximum atomic E-state index is 14.5. The van der Waals surface area contributed by atoms with E-state index in [1.165, 1.54) is 6.07 Å². The summed E-state index contributed by atoms with van der Waals surface area (Å²) in [5.74, 6) is -0.166. The molecule has 5 rings (SSSR count). The van der Waals surface area contributed by atoms with Gasteiger partial charge in [-0.05, 0) is 59.4 Å². The molecule has 7 heteroatoms. The lowest BCUT2D eigenvalue weighted by molar-refractivity contribution is -0.217. The van der Waals surface area contributed by atoms with E-state index in [1.807, 2.05) is 91.9 Å². The molecule has 4 aromatic rings. The number of halogens is 2. The minimum Gasteiger partial charge on any atom is -0.491 e. The number of benzene rings is 4.